The number of hydrogen-bond acceptors (Lipinski definition) is 3. The summed E-state index contributed by atoms with van der Waals surface area (Å²) in [6.07, 6.45) is 5.08. The molecule has 1 N–H and O–H groups in total. The number of nitrogens with one attached hydrogen (secondary N) is 1. The topological polar surface area (TPSA) is 69.9 Å². The van der Waals surface area contributed by atoms with E-state index in [2.05, 4.69) is 36.9 Å². The van der Waals surface area contributed by atoms with Crippen molar-refractivity contribution in [2.45, 2.75) is 25.4 Å². The van der Waals surface area contributed by atoms with E-state index in [1.807, 2.05) is 25.2 Å². The summed E-state index contributed by atoms with van der Waals surface area (Å²) < 4.78 is 28.3. The summed E-state index contributed by atoms with van der Waals surface area (Å²) in [6.45, 7) is 1.89. The van der Waals surface area contributed by atoms with Gasteiger partial charge in [-0.3, -0.25) is 4.99 Å². The molecule has 0 aliphatic carbocycles. The third-order valence-electron chi connectivity index (χ3n) is 4.29. The van der Waals surface area contributed by atoms with E-state index in [1.165, 1.54) is 6.26 Å². The summed E-state index contributed by atoms with van der Waals surface area (Å²) in [5.74, 6) is 0.757. The van der Waals surface area contributed by atoms with Crippen LogP contribution >= 0.6 is 39.9 Å². The lowest BCUT2D eigenvalue weighted by Gasteiger charge is -2.26. The zero-order valence-electron chi connectivity index (χ0n) is 15.1. The Morgan fingerprint density at radius 2 is 2.20 bits per heavy atom. The van der Waals surface area contributed by atoms with Crippen LogP contribution < -0.4 is 5.32 Å². The minimum atomic E-state index is -3.15. The fourth-order valence-corrected chi connectivity index (χ4v) is 4.84. The fraction of sp³-hybridized carbons (Fsp3) is 0.667. The number of aliphatic imine (C=N–C) groups is 1. The maximum atomic E-state index is 11.8. The van der Waals surface area contributed by atoms with Crippen molar-refractivity contribution in [1.29, 1.82) is 0 Å². The Balaban J connectivity index is 0.00000312. The zero-order chi connectivity index (χ0) is 17.9. The third-order valence-corrected chi connectivity index (χ3v) is 6.06. The van der Waals surface area contributed by atoms with Gasteiger partial charge in [-0.25, -0.2) is 8.42 Å². The normalized spacial score (nSPS) is 18.9. The lowest BCUT2D eigenvalue weighted by Crippen LogP contribution is -2.46. The van der Waals surface area contributed by atoms with Crippen LogP contribution in [0.4, 0.5) is 0 Å². The average Bonchev–Trinajstić information content (AvgIpc) is 3.06. The van der Waals surface area contributed by atoms with E-state index in [1.54, 1.807) is 11.4 Å². The predicted octanol–water partition coefficient (Wildman–Crippen LogP) is 1.84. The second-order valence-electron chi connectivity index (χ2n) is 6.21. The molecule has 0 radical (unpaired) electrons. The van der Waals surface area contributed by atoms with Gasteiger partial charge in [-0.1, -0.05) is 0 Å². The Hall–Kier alpha value is -0.330. The largest absolute Gasteiger partial charge is 0.355 e. The smallest absolute Gasteiger partial charge is 0.211 e. The van der Waals surface area contributed by atoms with Crippen molar-refractivity contribution in [2.24, 2.45) is 12.0 Å². The molecule has 1 aliphatic rings. The van der Waals surface area contributed by atoms with Gasteiger partial charge in [0.1, 0.15) is 0 Å². The molecule has 2 heterocycles. The molecule has 7 nitrogen and oxygen atoms in total. The first-order chi connectivity index (χ1) is 11.2. The quantitative estimate of drug-likeness (QED) is 0.347. The number of sulfonamides is 1. The van der Waals surface area contributed by atoms with Gasteiger partial charge >= 0.3 is 0 Å². The molecule has 1 fully saturated rings. The van der Waals surface area contributed by atoms with Gasteiger partial charge in [0.05, 0.1) is 12.8 Å². The van der Waals surface area contributed by atoms with Crippen LogP contribution in [-0.4, -0.2) is 67.6 Å². The molecular weight excluding hydrogens is 521 g/mol. The van der Waals surface area contributed by atoms with Gasteiger partial charge in [0, 0.05) is 56.6 Å². The highest BCUT2D eigenvalue weighted by atomic mass is 127. The number of halogens is 2. The van der Waals surface area contributed by atoms with Gasteiger partial charge in [0.2, 0.25) is 10.0 Å². The van der Waals surface area contributed by atoms with Crippen molar-refractivity contribution < 1.29 is 8.42 Å². The summed E-state index contributed by atoms with van der Waals surface area (Å²) in [5.41, 5.74) is 1.16. The number of hydrogen-bond donors (Lipinski definition) is 1. The summed E-state index contributed by atoms with van der Waals surface area (Å²) >= 11 is 3.48. The molecule has 1 aliphatic heterocycles. The van der Waals surface area contributed by atoms with E-state index in [9.17, 15) is 8.42 Å². The van der Waals surface area contributed by atoms with Crippen LogP contribution in [-0.2, 0) is 23.6 Å². The Morgan fingerprint density at radius 3 is 2.72 bits per heavy atom. The Labute approximate surface area is 176 Å². The number of guanidine groups is 1. The molecule has 0 unspecified atom stereocenters. The summed E-state index contributed by atoms with van der Waals surface area (Å²) in [4.78, 5) is 6.34. The molecule has 1 atom stereocenters. The summed E-state index contributed by atoms with van der Waals surface area (Å²) in [5, 5.41) is 3.31. The van der Waals surface area contributed by atoms with Gasteiger partial charge in [-0.05, 0) is 34.8 Å². The van der Waals surface area contributed by atoms with Gasteiger partial charge in [-0.15, -0.1) is 24.0 Å². The van der Waals surface area contributed by atoms with Crippen LogP contribution in [0.25, 0.3) is 0 Å². The highest BCUT2D eigenvalue weighted by Crippen LogP contribution is 2.19. The van der Waals surface area contributed by atoms with Crippen molar-refractivity contribution >= 4 is 55.9 Å². The minimum absolute atomic E-state index is 0. The van der Waals surface area contributed by atoms with Crippen LogP contribution in [0.2, 0.25) is 0 Å². The first-order valence-electron chi connectivity index (χ1n) is 7.91. The van der Waals surface area contributed by atoms with Crippen molar-refractivity contribution in [3.63, 3.8) is 0 Å². The molecule has 0 spiro atoms. The molecule has 2 rings (SSSR count). The van der Waals surface area contributed by atoms with Gasteiger partial charge in [0.25, 0.3) is 0 Å². The molecule has 1 aromatic rings. The summed E-state index contributed by atoms with van der Waals surface area (Å²) in [7, 11) is 2.57. The van der Waals surface area contributed by atoms with Crippen LogP contribution in [0.1, 0.15) is 18.5 Å². The number of aryl methyl sites for hydroxylation is 1. The molecule has 10 heteroatoms. The van der Waals surface area contributed by atoms with Gasteiger partial charge in [-0.2, -0.15) is 4.31 Å². The fourth-order valence-electron chi connectivity index (χ4n) is 3.08. The highest BCUT2D eigenvalue weighted by molar-refractivity contribution is 14.0. The summed E-state index contributed by atoms with van der Waals surface area (Å²) in [6, 6.07) is 2.07. The van der Waals surface area contributed by atoms with Crippen molar-refractivity contribution in [1.82, 2.24) is 19.1 Å². The molecule has 1 aromatic heterocycles. The minimum Gasteiger partial charge on any atom is -0.355 e. The van der Waals surface area contributed by atoms with Crippen LogP contribution in [0.3, 0.4) is 0 Å². The molecule has 25 heavy (non-hydrogen) atoms. The average molecular weight is 548 g/mol. The van der Waals surface area contributed by atoms with E-state index in [-0.39, 0.29) is 30.0 Å². The van der Waals surface area contributed by atoms with Crippen LogP contribution in [0, 0.1) is 0 Å². The molecular formula is C15H27BrIN5O2S. The molecule has 1 saturated heterocycles. The first-order valence-corrected chi connectivity index (χ1v) is 10.6. The molecule has 0 saturated carbocycles. The zero-order valence-corrected chi connectivity index (χ0v) is 19.8. The lowest BCUT2D eigenvalue weighted by molar-refractivity contribution is 0.379. The van der Waals surface area contributed by atoms with Crippen molar-refractivity contribution in [2.75, 3.05) is 33.4 Å². The highest BCUT2D eigenvalue weighted by Gasteiger charge is 2.31. The number of nitrogens with zero attached hydrogens (tertiary/aromatic N) is 4. The number of rotatable bonds is 5. The Morgan fingerprint density at radius 1 is 1.52 bits per heavy atom. The van der Waals surface area contributed by atoms with Crippen LogP contribution in [0.5, 0.6) is 0 Å². The first kappa shape index (κ1) is 22.7. The lowest BCUT2D eigenvalue weighted by atomic mass is 10.2. The molecule has 0 aromatic carbocycles. The van der Waals surface area contributed by atoms with Gasteiger partial charge < -0.3 is 14.8 Å². The van der Waals surface area contributed by atoms with Crippen LogP contribution in [0.15, 0.2) is 21.7 Å². The molecule has 0 amide bonds. The second-order valence-corrected chi connectivity index (χ2v) is 9.07. The monoisotopic (exact) mass is 547 g/mol. The second kappa shape index (κ2) is 9.56. The van der Waals surface area contributed by atoms with E-state index < -0.39 is 10.0 Å². The standard InChI is InChI=1S/C15H26BrN5O2S.HI/c1-17-15(20(3)11-14-8-12(16)10-19(14)2)18-9-13-6-5-7-21(13)24(4,22)23;/h8,10,13H,5-7,9,11H2,1-4H3,(H,17,18);1H/t13-;/m1./s1. The maximum Gasteiger partial charge on any atom is 0.211 e. The molecule has 0 bridgehead atoms. The van der Waals surface area contributed by atoms with E-state index in [4.69, 9.17) is 0 Å². The predicted molar refractivity (Wildman–Crippen MR) is 116 cm³/mol. The SMILES string of the molecule is CN=C(NC[C@H]1CCCN1S(C)(=O)=O)N(C)Cc1cc(Br)cn1C.I. The van der Waals surface area contributed by atoms with E-state index in [0.717, 1.165) is 29.0 Å². The molecule has 144 valence electrons. The van der Waals surface area contributed by atoms with Gasteiger partial charge in [0.15, 0.2) is 5.96 Å². The van der Waals surface area contributed by atoms with Crippen molar-refractivity contribution in [3.05, 3.63) is 22.4 Å². The van der Waals surface area contributed by atoms with Crippen molar-refractivity contribution in [3.8, 4) is 0 Å². The Bertz CT molecular complexity index is 707. The third kappa shape index (κ3) is 6.10. The Kier molecular flexibility index (Phi) is 8.69. The van der Waals surface area contributed by atoms with E-state index in [0.29, 0.717) is 19.6 Å². The van der Waals surface area contributed by atoms with E-state index >= 15 is 0 Å². The maximum absolute atomic E-state index is 11.8. The number of aromatic nitrogens is 1.